The van der Waals surface area contributed by atoms with E-state index in [0.29, 0.717) is 16.2 Å². The van der Waals surface area contributed by atoms with Crippen molar-refractivity contribution in [3.05, 3.63) is 23.8 Å². The third kappa shape index (κ3) is 4.24. The predicted octanol–water partition coefficient (Wildman–Crippen LogP) is 3.71. The second kappa shape index (κ2) is 7.12. The maximum atomic E-state index is 12.9. The summed E-state index contributed by atoms with van der Waals surface area (Å²) in [5.41, 5.74) is 5.84. The molecule has 0 spiro atoms. The standard InChI is InChI=1S/C12H13F4NOS2/c1-2-20-8-5-3-4-7(9(8)10(17)19)18-6-12(15,16)11(13)14/h3-5,11H,2,6H2,1H3,(H2,17,19). The van der Waals surface area contributed by atoms with Crippen LogP contribution in [0.25, 0.3) is 0 Å². The zero-order valence-electron chi connectivity index (χ0n) is 10.5. The van der Waals surface area contributed by atoms with Crippen LogP contribution in [0.5, 0.6) is 5.75 Å². The Labute approximate surface area is 123 Å². The Morgan fingerprint density at radius 1 is 1.45 bits per heavy atom. The molecule has 1 aromatic carbocycles. The molecule has 0 aromatic heterocycles. The molecule has 0 saturated carbocycles. The molecule has 0 aliphatic heterocycles. The SMILES string of the molecule is CCSc1cccc(OCC(F)(F)C(F)F)c1C(N)=S. The molecule has 0 radical (unpaired) electrons. The van der Waals surface area contributed by atoms with Gasteiger partial charge in [0.2, 0.25) is 0 Å². The third-order valence-corrected chi connectivity index (χ3v) is 3.42. The van der Waals surface area contributed by atoms with Crippen molar-refractivity contribution >= 4 is 29.0 Å². The summed E-state index contributed by atoms with van der Waals surface area (Å²) in [4.78, 5) is 0.634. The maximum Gasteiger partial charge on any atom is 0.340 e. The Kier molecular flexibility index (Phi) is 6.07. The fourth-order valence-electron chi connectivity index (χ4n) is 1.39. The van der Waals surface area contributed by atoms with Gasteiger partial charge in [-0.1, -0.05) is 25.2 Å². The predicted molar refractivity (Wildman–Crippen MR) is 75.2 cm³/mol. The van der Waals surface area contributed by atoms with Gasteiger partial charge in [0.15, 0.2) is 6.61 Å². The number of halogens is 4. The summed E-state index contributed by atoms with van der Waals surface area (Å²) >= 11 is 6.26. The van der Waals surface area contributed by atoms with Crippen LogP contribution in [-0.2, 0) is 0 Å². The number of ether oxygens (including phenoxy) is 1. The average molecular weight is 327 g/mol. The highest BCUT2D eigenvalue weighted by Gasteiger charge is 2.41. The van der Waals surface area contributed by atoms with Gasteiger partial charge in [-0.15, -0.1) is 11.8 Å². The van der Waals surface area contributed by atoms with E-state index in [1.165, 1.54) is 17.8 Å². The highest BCUT2D eigenvalue weighted by molar-refractivity contribution is 7.99. The summed E-state index contributed by atoms with van der Waals surface area (Å²) in [6.07, 6.45) is -3.79. The second-order valence-corrected chi connectivity index (χ2v) is 5.52. The number of benzene rings is 1. The number of hydrogen-bond donors (Lipinski definition) is 1. The average Bonchev–Trinajstić information content (AvgIpc) is 2.36. The summed E-state index contributed by atoms with van der Waals surface area (Å²) < 4.78 is 54.7. The van der Waals surface area contributed by atoms with Crippen LogP contribution in [-0.4, -0.2) is 29.7 Å². The first-order valence-corrected chi connectivity index (χ1v) is 7.03. The van der Waals surface area contributed by atoms with Gasteiger partial charge in [-0.3, -0.25) is 0 Å². The van der Waals surface area contributed by atoms with Crippen LogP contribution in [0, 0.1) is 0 Å². The van der Waals surface area contributed by atoms with E-state index in [4.69, 9.17) is 22.7 Å². The molecular formula is C12H13F4NOS2. The van der Waals surface area contributed by atoms with E-state index in [-0.39, 0.29) is 10.7 Å². The van der Waals surface area contributed by atoms with Crippen molar-refractivity contribution in [2.24, 2.45) is 5.73 Å². The van der Waals surface area contributed by atoms with Gasteiger partial charge in [-0.2, -0.15) is 8.78 Å². The van der Waals surface area contributed by atoms with Gasteiger partial charge in [0, 0.05) is 4.90 Å². The maximum absolute atomic E-state index is 12.9. The zero-order chi connectivity index (χ0) is 15.3. The summed E-state index contributed by atoms with van der Waals surface area (Å²) in [5.74, 6) is -3.52. The molecule has 0 heterocycles. The zero-order valence-corrected chi connectivity index (χ0v) is 12.2. The first kappa shape index (κ1) is 17.0. The van der Waals surface area contributed by atoms with Crippen LogP contribution in [0.1, 0.15) is 12.5 Å². The lowest BCUT2D eigenvalue weighted by Gasteiger charge is -2.18. The lowest BCUT2D eigenvalue weighted by atomic mass is 10.2. The second-order valence-electron chi connectivity index (χ2n) is 3.78. The molecule has 112 valence electrons. The molecule has 2 N–H and O–H groups in total. The molecule has 2 nitrogen and oxygen atoms in total. The van der Waals surface area contributed by atoms with Crippen molar-refractivity contribution < 1.29 is 22.3 Å². The smallest absolute Gasteiger partial charge is 0.340 e. The van der Waals surface area contributed by atoms with Crippen molar-refractivity contribution in [3.8, 4) is 5.75 Å². The summed E-state index contributed by atoms with van der Waals surface area (Å²) in [6, 6.07) is 4.64. The first-order chi connectivity index (χ1) is 9.29. The van der Waals surface area contributed by atoms with E-state index in [9.17, 15) is 17.6 Å². The van der Waals surface area contributed by atoms with Gasteiger partial charge >= 0.3 is 12.3 Å². The Bertz CT molecular complexity index is 483. The Morgan fingerprint density at radius 2 is 2.10 bits per heavy atom. The number of nitrogens with two attached hydrogens (primary N) is 1. The summed E-state index contributed by atoms with van der Waals surface area (Å²) in [7, 11) is 0. The fourth-order valence-corrected chi connectivity index (χ4v) is 2.50. The van der Waals surface area contributed by atoms with Crippen molar-refractivity contribution in [2.75, 3.05) is 12.4 Å². The molecule has 0 amide bonds. The summed E-state index contributed by atoms with van der Waals surface area (Å²) in [6.45, 7) is 0.465. The lowest BCUT2D eigenvalue weighted by Crippen LogP contribution is -2.34. The minimum absolute atomic E-state index is 0.0173. The highest BCUT2D eigenvalue weighted by Crippen LogP contribution is 2.32. The van der Waals surface area contributed by atoms with Gasteiger partial charge in [0.1, 0.15) is 10.7 Å². The van der Waals surface area contributed by atoms with Gasteiger partial charge < -0.3 is 10.5 Å². The highest BCUT2D eigenvalue weighted by atomic mass is 32.2. The van der Waals surface area contributed by atoms with Crippen LogP contribution in [0.4, 0.5) is 17.6 Å². The third-order valence-electron chi connectivity index (χ3n) is 2.27. The molecule has 8 heteroatoms. The van der Waals surface area contributed by atoms with Gasteiger partial charge in [-0.05, 0) is 17.9 Å². The van der Waals surface area contributed by atoms with E-state index < -0.39 is 19.0 Å². The van der Waals surface area contributed by atoms with E-state index >= 15 is 0 Å². The fraction of sp³-hybridized carbons (Fsp3) is 0.417. The van der Waals surface area contributed by atoms with Crippen LogP contribution in [0.2, 0.25) is 0 Å². The monoisotopic (exact) mass is 327 g/mol. The molecule has 0 bridgehead atoms. The quantitative estimate of drug-likeness (QED) is 0.470. The topological polar surface area (TPSA) is 35.2 Å². The van der Waals surface area contributed by atoms with Gasteiger partial charge in [0.25, 0.3) is 0 Å². The Morgan fingerprint density at radius 3 is 2.60 bits per heavy atom. The Balaban J connectivity index is 3.00. The minimum Gasteiger partial charge on any atom is -0.486 e. The number of thiocarbonyl (C=S) groups is 1. The molecule has 0 atom stereocenters. The molecule has 0 aliphatic carbocycles. The minimum atomic E-state index is -4.22. The van der Waals surface area contributed by atoms with Crippen LogP contribution in [0.3, 0.4) is 0 Å². The van der Waals surface area contributed by atoms with E-state index in [0.717, 1.165) is 0 Å². The normalized spacial score (nSPS) is 11.7. The summed E-state index contributed by atoms with van der Waals surface area (Å²) in [5, 5.41) is 0. The lowest BCUT2D eigenvalue weighted by molar-refractivity contribution is -0.148. The van der Waals surface area contributed by atoms with E-state index in [1.54, 1.807) is 12.1 Å². The van der Waals surface area contributed by atoms with Crippen molar-refractivity contribution in [2.45, 2.75) is 24.2 Å². The number of hydrogen-bond acceptors (Lipinski definition) is 3. The molecule has 0 unspecified atom stereocenters. The number of thioether (sulfide) groups is 1. The molecule has 20 heavy (non-hydrogen) atoms. The largest absolute Gasteiger partial charge is 0.486 e. The molecule has 0 fully saturated rings. The van der Waals surface area contributed by atoms with Crippen molar-refractivity contribution in [1.82, 2.24) is 0 Å². The van der Waals surface area contributed by atoms with Gasteiger partial charge in [0.05, 0.1) is 5.56 Å². The number of rotatable bonds is 7. The van der Waals surface area contributed by atoms with Crippen molar-refractivity contribution in [1.29, 1.82) is 0 Å². The van der Waals surface area contributed by atoms with E-state index in [2.05, 4.69) is 0 Å². The van der Waals surface area contributed by atoms with Gasteiger partial charge in [-0.25, -0.2) is 8.78 Å². The molecule has 1 rings (SSSR count). The Hall–Kier alpha value is -1.02. The van der Waals surface area contributed by atoms with E-state index in [1.807, 2.05) is 6.92 Å². The van der Waals surface area contributed by atoms with Crippen LogP contribution < -0.4 is 10.5 Å². The van der Waals surface area contributed by atoms with Crippen LogP contribution in [0.15, 0.2) is 23.1 Å². The number of alkyl halides is 4. The molecular weight excluding hydrogens is 314 g/mol. The molecule has 1 aromatic rings. The first-order valence-electron chi connectivity index (χ1n) is 5.64. The van der Waals surface area contributed by atoms with Crippen molar-refractivity contribution in [3.63, 3.8) is 0 Å². The molecule has 0 aliphatic rings. The van der Waals surface area contributed by atoms with Crippen LogP contribution >= 0.6 is 24.0 Å². The molecule has 0 saturated heterocycles.